The molecule has 1 aromatic rings. The number of nitrogens with zero attached hydrogens (tertiary/aromatic N) is 1. The minimum absolute atomic E-state index is 0.0250. The lowest BCUT2D eigenvalue weighted by atomic mass is 9.86. The van der Waals surface area contributed by atoms with Crippen LogP contribution in [0.1, 0.15) is 52.2 Å². The smallest absolute Gasteiger partial charge is 0.225 e. The van der Waals surface area contributed by atoms with Gasteiger partial charge in [0, 0.05) is 18.5 Å². The molecule has 0 radical (unpaired) electrons. The van der Waals surface area contributed by atoms with Crippen LogP contribution in [-0.2, 0) is 26.6 Å². The maximum Gasteiger partial charge on any atom is 0.225 e. The van der Waals surface area contributed by atoms with Crippen molar-refractivity contribution in [3.05, 3.63) is 35.4 Å². The molecule has 0 bridgehead atoms. The number of hydrogen-bond acceptors (Lipinski definition) is 3. The van der Waals surface area contributed by atoms with Gasteiger partial charge in [0.1, 0.15) is 0 Å². The average Bonchev–Trinajstić information content (AvgIpc) is 2.83. The van der Waals surface area contributed by atoms with E-state index < -0.39 is 9.84 Å². The van der Waals surface area contributed by atoms with Crippen LogP contribution in [0.15, 0.2) is 24.3 Å². The zero-order valence-corrected chi connectivity index (χ0v) is 16.2. The summed E-state index contributed by atoms with van der Waals surface area (Å²) in [5, 5.41) is 0. The lowest BCUT2D eigenvalue weighted by Gasteiger charge is -2.30. The molecule has 1 amide bonds. The number of carbonyl (C=O) groups excluding carboxylic acids is 1. The Kier molecular flexibility index (Phi) is 5.43. The van der Waals surface area contributed by atoms with E-state index in [1.54, 1.807) is 4.90 Å². The normalized spacial score (nSPS) is 20.3. The Morgan fingerprint density at radius 1 is 1.21 bits per heavy atom. The first-order valence-corrected chi connectivity index (χ1v) is 10.4. The van der Waals surface area contributed by atoms with Crippen molar-refractivity contribution in [2.24, 2.45) is 5.92 Å². The first-order valence-electron chi connectivity index (χ1n) is 8.60. The highest BCUT2D eigenvalue weighted by atomic mass is 32.2. The fourth-order valence-corrected chi connectivity index (χ4v) is 4.78. The first kappa shape index (κ1) is 19.0. The second-order valence-electron chi connectivity index (χ2n) is 8.12. The number of rotatable bonds is 4. The number of hydrogen-bond donors (Lipinski definition) is 0. The van der Waals surface area contributed by atoms with Gasteiger partial charge in [0.15, 0.2) is 9.84 Å². The third-order valence-corrected chi connectivity index (χ3v) is 6.35. The number of sulfone groups is 1. The summed E-state index contributed by atoms with van der Waals surface area (Å²) in [4.78, 5) is 14.4. The number of carbonyl (C=O) groups is 1. The monoisotopic (exact) mass is 351 g/mol. The second-order valence-corrected chi connectivity index (χ2v) is 10.4. The van der Waals surface area contributed by atoms with Crippen molar-refractivity contribution in [1.29, 1.82) is 0 Å². The topological polar surface area (TPSA) is 54.5 Å². The molecule has 1 aliphatic heterocycles. The van der Waals surface area contributed by atoms with E-state index in [4.69, 9.17) is 0 Å². The molecule has 0 N–H and O–H groups in total. The highest BCUT2D eigenvalue weighted by molar-refractivity contribution is 7.91. The lowest BCUT2D eigenvalue weighted by molar-refractivity contribution is -0.137. The molecule has 1 aliphatic rings. The summed E-state index contributed by atoms with van der Waals surface area (Å²) in [5.74, 6) is 0.160. The highest BCUT2D eigenvalue weighted by Gasteiger charge is 2.35. The van der Waals surface area contributed by atoms with Gasteiger partial charge in [-0.15, -0.1) is 0 Å². The van der Waals surface area contributed by atoms with Crippen LogP contribution in [0.2, 0.25) is 0 Å². The van der Waals surface area contributed by atoms with Gasteiger partial charge in [-0.1, -0.05) is 58.9 Å². The minimum atomic E-state index is -3.01. The third kappa shape index (κ3) is 4.59. The van der Waals surface area contributed by atoms with Crippen LogP contribution in [0.4, 0.5) is 0 Å². The Labute approximate surface area is 146 Å². The molecule has 0 saturated carbocycles. The third-order valence-electron chi connectivity index (χ3n) is 4.60. The molecule has 4 nitrogen and oxygen atoms in total. The van der Waals surface area contributed by atoms with Gasteiger partial charge in [0.2, 0.25) is 5.91 Å². The van der Waals surface area contributed by atoms with E-state index >= 15 is 0 Å². The van der Waals surface area contributed by atoms with Crippen molar-refractivity contribution in [3.8, 4) is 0 Å². The standard InChI is InChI=1S/C19H29NO3S/c1-14(2)18(21)20(17-10-11-24(22,23)13-17)12-15-6-8-16(9-7-15)19(3,4)5/h6-9,14,17H,10-13H2,1-5H3/t17-/m0/s1. The van der Waals surface area contributed by atoms with Crippen molar-refractivity contribution in [1.82, 2.24) is 4.90 Å². The number of amides is 1. The van der Waals surface area contributed by atoms with E-state index in [9.17, 15) is 13.2 Å². The molecule has 2 rings (SSSR count). The Morgan fingerprint density at radius 2 is 1.79 bits per heavy atom. The summed E-state index contributed by atoms with van der Waals surface area (Å²) in [6, 6.07) is 8.08. The molecule has 1 saturated heterocycles. The molecule has 0 aromatic heterocycles. The van der Waals surface area contributed by atoms with Gasteiger partial charge in [0.05, 0.1) is 11.5 Å². The highest BCUT2D eigenvalue weighted by Crippen LogP contribution is 2.25. The summed E-state index contributed by atoms with van der Waals surface area (Å²) < 4.78 is 23.6. The maximum atomic E-state index is 12.6. The maximum absolute atomic E-state index is 12.6. The Hall–Kier alpha value is -1.36. The van der Waals surface area contributed by atoms with Crippen LogP contribution in [0.3, 0.4) is 0 Å². The molecule has 1 atom stereocenters. The van der Waals surface area contributed by atoms with Crippen LogP contribution >= 0.6 is 0 Å². The molecule has 24 heavy (non-hydrogen) atoms. The van der Waals surface area contributed by atoms with Gasteiger partial charge in [-0.25, -0.2) is 8.42 Å². The van der Waals surface area contributed by atoms with Gasteiger partial charge in [0.25, 0.3) is 0 Å². The summed E-state index contributed by atoms with van der Waals surface area (Å²) in [6.07, 6.45) is 0.543. The van der Waals surface area contributed by atoms with Crippen LogP contribution in [0.5, 0.6) is 0 Å². The van der Waals surface area contributed by atoms with Crippen LogP contribution < -0.4 is 0 Å². The molecule has 134 valence electrons. The van der Waals surface area contributed by atoms with E-state index in [0.29, 0.717) is 13.0 Å². The largest absolute Gasteiger partial charge is 0.334 e. The zero-order chi connectivity index (χ0) is 18.1. The fraction of sp³-hybridized carbons (Fsp3) is 0.632. The quantitative estimate of drug-likeness (QED) is 0.837. The Balaban J connectivity index is 2.21. The fourth-order valence-electron chi connectivity index (χ4n) is 3.05. The van der Waals surface area contributed by atoms with Crippen molar-refractivity contribution in [2.75, 3.05) is 11.5 Å². The van der Waals surface area contributed by atoms with Crippen LogP contribution in [0, 0.1) is 5.92 Å². The van der Waals surface area contributed by atoms with E-state index in [-0.39, 0.29) is 34.8 Å². The van der Waals surface area contributed by atoms with E-state index in [1.165, 1.54) is 5.56 Å². The molecule has 0 unspecified atom stereocenters. The minimum Gasteiger partial charge on any atom is -0.334 e. The van der Waals surface area contributed by atoms with Crippen molar-refractivity contribution in [2.45, 2.75) is 59.0 Å². The molecule has 1 heterocycles. The number of benzene rings is 1. The molecule has 0 spiro atoms. The predicted molar refractivity (Wildman–Crippen MR) is 97.6 cm³/mol. The van der Waals surface area contributed by atoms with Crippen molar-refractivity contribution >= 4 is 15.7 Å². The van der Waals surface area contributed by atoms with E-state index in [1.807, 2.05) is 26.0 Å². The molecule has 1 fully saturated rings. The Bertz CT molecular complexity index is 684. The average molecular weight is 352 g/mol. The predicted octanol–water partition coefficient (Wildman–Crippen LogP) is 3.16. The first-order chi connectivity index (χ1) is 11.0. The van der Waals surface area contributed by atoms with Gasteiger partial charge in [-0.2, -0.15) is 0 Å². The summed E-state index contributed by atoms with van der Waals surface area (Å²) in [7, 11) is -3.01. The van der Waals surface area contributed by atoms with Crippen LogP contribution in [-0.4, -0.2) is 36.8 Å². The van der Waals surface area contributed by atoms with Crippen LogP contribution in [0.25, 0.3) is 0 Å². The summed E-state index contributed by atoms with van der Waals surface area (Å²) >= 11 is 0. The molecular formula is C19H29NO3S. The zero-order valence-electron chi connectivity index (χ0n) is 15.4. The van der Waals surface area contributed by atoms with Gasteiger partial charge < -0.3 is 4.90 Å². The van der Waals surface area contributed by atoms with E-state index in [2.05, 4.69) is 32.9 Å². The summed E-state index contributed by atoms with van der Waals surface area (Å²) in [5.41, 5.74) is 2.38. The molecule has 0 aliphatic carbocycles. The lowest BCUT2D eigenvalue weighted by Crippen LogP contribution is -2.42. The summed E-state index contributed by atoms with van der Waals surface area (Å²) in [6.45, 7) is 10.7. The van der Waals surface area contributed by atoms with Gasteiger partial charge >= 0.3 is 0 Å². The molecule has 5 heteroatoms. The van der Waals surface area contributed by atoms with E-state index in [0.717, 1.165) is 5.56 Å². The van der Waals surface area contributed by atoms with Gasteiger partial charge in [-0.05, 0) is 23.0 Å². The van der Waals surface area contributed by atoms with Gasteiger partial charge in [-0.3, -0.25) is 4.79 Å². The molecular weight excluding hydrogens is 322 g/mol. The van der Waals surface area contributed by atoms with Crippen molar-refractivity contribution in [3.63, 3.8) is 0 Å². The molecule has 1 aromatic carbocycles. The van der Waals surface area contributed by atoms with Crippen molar-refractivity contribution < 1.29 is 13.2 Å². The SMILES string of the molecule is CC(C)C(=O)N(Cc1ccc(C(C)(C)C)cc1)[C@H]1CCS(=O)(=O)C1. The Morgan fingerprint density at radius 3 is 2.21 bits per heavy atom. The second kappa shape index (κ2) is 6.87.